The third kappa shape index (κ3) is 2.50. The van der Waals surface area contributed by atoms with Gasteiger partial charge in [-0.3, -0.25) is 10.3 Å². The van der Waals surface area contributed by atoms with Crippen molar-refractivity contribution in [1.82, 2.24) is 10.3 Å². The van der Waals surface area contributed by atoms with Crippen molar-refractivity contribution in [3.63, 3.8) is 0 Å². The van der Waals surface area contributed by atoms with Gasteiger partial charge in [0.05, 0.1) is 18.3 Å². The van der Waals surface area contributed by atoms with Crippen molar-refractivity contribution in [1.29, 1.82) is 0 Å². The molecule has 1 aliphatic rings. The Bertz CT molecular complexity index is 574. The molecule has 98 valence electrons. The van der Waals surface area contributed by atoms with Gasteiger partial charge in [0.2, 0.25) is 0 Å². The van der Waals surface area contributed by atoms with Gasteiger partial charge in [0.15, 0.2) is 0 Å². The molecule has 2 aromatic rings. The first-order chi connectivity index (χ1) is 9.28. The molecule has 0 amide bonds. The summed E-state index contributed by atoms with van der Waals surface area (Å²) in [4.78, 5) is 4.41. The van der Waals surface area contributed by atoms with E-state index in [1.807, 2.05) is 36.4 Å². The Hall–Kier alpha value is -1.42. The Balaban J connectivity index is 2.07. The average Bonchev–Trinajstić information content (AvgIpc) is 2.47. The van der Waals surface area contributed by atoms with Gasteiger partial charge in [0.25, 0.3) is 0 Å². The highest BCUT2D eigenvalue weighted by Crippen LogP contribution is 2.31. The molecule has 3 rings (SSSR count). The molecule has 0 spiro atoms. The van der Waals surface area contributed by atoms with E-state index in [1.54, 1.807) is 6.20 Å². The fraction of sp³-hybridized carbons (Fsp3) is 0.267. The molecule has 0 bridgehead atoms. The number of nitrogens with zero attached hydrogens (tertiary/aromatic N) is 1. The van der Waals surface area contributed by atoms with Gasteiger partial charge < -0.3 is 5.11 Å². The Morgan fingerprint density at radius 3 is 2.95 bits per heavy atom. The summed E-state index contributed by atoms with van der Waals surface area (Å²) in [7, 11) is 0. The number of benzene rings is 1. The highest BCUT2D eigenvalue weighted by atomic mass is 35.5. The molecule has 0 aliphatic carbocycles. The van der Waals surface area contributed by atoms with Gasteiger partial charge >= 0.3 is 0 Å². The van der Waals surface area contributed by atoms with Crippen molar-refractivity contribution < 1.29 is 5.11 Å². The molecular formula is C15H15ClN2O. The van der Waals surface area contributed by atoms with E-state index in [0.717, 1.165) is 22.7 Å². The predicted molar refractivity (Wildman–Crippen MR) is 75.2 cm³/mol. The van der Waals surface area contributed by atoms with E-state index < -0.39 is 0 Å². The lowest BCUT2D eigenvalue weighted by molar-refractivity contribution is 0.228. The minimum atomic E-state index is -0.0131. The number of fused-ring (bicyclic) bond motifs is 1. The highest BCUT2D eigenvalue weighted by Gasteiger charge is 2.27. The molecule has 4 heteroatoms. The van der Waals surface area contributed by atoms with Crippen LogP contribution in [0.15, 0.2) is 42.6 Å². The zero-order valence-electron chi connectivity index (χ0n) is 10.4. The second kappa shape index (κ2) is 5.29. The number of aliphatic hydroxyl groups excluding tert-OH is 1. The summed E-state index contributed by atoms with van der Waals surface area (Å²) in [5, 5.41) is 13.6. The second-order valence-electron chi connectivity index (χ2n) is 4.78. The molecule has 3 nitrogen and oxygen atoms in total. The van der Waals surface area contributed by atoms with E-state index in [4.69, 9.17) is 11.6 Å². The number of pyridine rings is 1. The van der Waals surface area contributed by atoms with Crippen LogP contribution in [0.4, 0.5) is 0 Å². The Morgan fingerprint density at radius 2 is 2.21 bits per heavy atom. The monoisotopic (exact) mass is 274 g/mol. The molecule has 2 heterocycles. The summed E-state index contributed by atoms with van der Waals surface area (Å²) in [6, 6.07) is 11.8. The molecule has 2 N–H and O–H groups in total. The van der Waals surface area contributed by atoms with Crippen LogP contribution in [0.3, 0.4) is 0 Å². The minimum absolute atomic E-state index is 0.0131. The number of halogens is 1. The maximum atomic E-state index is 9.43. The molecule has 2 atom stereocenters. The van der Waals surface area contributed by atoms with E-state index in [1.165, 1.54) is 5.56 Å². The third-order valence-electron chi connectivity index (χ3n) is 3.49. The molecule has 1 aliphatic heterocycles. The van der Waals surface area contributed by atoms with Gasteiger partial charge in [-0.2, -0.15) is 0 Å². The lowest BCUT2D eigenvalue weighted by atomic mass is 9.88. The normalized spacial score (nSPS) is 22.0. The molecule has 0 radical (unpaired) electrons. The van der Waals surface area contributed by atoms with Crippen molar-refractivity contribution in [2.24, 2.45) is 0 Å². The van der Waals surface area contributed by atoms with Crippen LogP contribution in [0.5, 0.6) is 0 Å². The fourth-order valence-corrected chi connectivity index (χ4v) is 2.76. The SMILES string of the molecule is OC[C@@H]1Cc2ccc(Cl)cc2[C@H](c2ccccn2)N1. The summed E-state index contributed by atoms with van der Waals surface area (Å²) in [5.41, 5.74) is 3.32. The molecule has 0 saturated heterocycles. The molecule has 0 unspecified atom stereocenters. The maximum absolute atomic E-state index is 9.43. The number of hydrogen-bond acceptors (Lipinski definition) is 3. The van der Waals surface area contributed by atoms with E-state index >= 15 is 0 Å². The highest BCUT2D eigenvalue weighted by molar-refractivity contribution is 6.30. The van der Waals surface area contributed by atoms with Crippen molar-refractivity contribution in [2.45, 2.75) is 18.5 Å². The maximum Gasteiger partial charge on any atom is 0.0757 e. The first kappa shape index (κ1) is 12.6. The van der Waals surface area contributed by atoms with Gasteiger partial charge in [-0.1, -0.05) is 23.7 Å². The Kier molecular flexibility index (Phi) is 3.51. The molecule has 0 fully saturated rings. The summed E-state index contributed by atoms with van der Waals surface area (Å²) < 4.78 is 0. The van der Waals surface area contributed by atoms with E-state index in [0.29, 0.717) is 0 Å². The molecule has 0 saturated carbocycles. The van der Waals surface area contributed by atoms with E-state index in [-0.39, 0.29) is 18.7 Å². The lowest BCUT2D eigenvalue weighted by Crippen LogP contribution is -2.42. The Morgan fingerprint density at radius 1 is 1.32 bits per heavy atom. The zero-order chi connectivity index (χ0) is 13.2. The summed E-state index contributed by atoms with van der Waals surface area (Å²) in [6.07, 6.45) is 2.59. The lowest BCUT2D eigenvalue weighted by Gasteiger charge is -2.32. The number of hydrogen-bond donors (Lipinski definition) is 2. The first-order valence-corrected chi connectivity index (χ1v) is 6.72. The number of aromatic nitrogens is 1. The van der Waals surface area contributed by atoms with Crippen molar-refractivity contribution >= 4 is 11.6 Å². The standard InChI is InChI=1S/C15H15ClN2O/c16-11-5-4-10-7-12(9-19)18-15(13(10)8-11)14-3-1-2-6-17-14/h1-6,8,12,15,18-19H,7,9H2/t12-,15+/m0/s1. The summed E-state index contributed by atoms with van der Waals surface area (Å²) in [6.45, 7) is 0.116. The summed E-state index contributed by atoms with van der Waals surface area (Å²) >= 11 is 6.10. The van der Waals surface area contributed by atoms with Crippen LogP contribution < -0.4 is 5.32 Å². The van der Waals surface area contributed by atoms with Crippen LogP contribution in [0.25, 0.3) is 0 Å². The first-order valence-electron chi connectivity index (χ1n) is 6.34. The van der Waals surface area contributed by atoms with Crippen LogP contribution >= 0.6 is 11.6 Å². The van der Waals surface area contributed by atoms with Crippen LogP contribution in [0.2, 0.25) is 5.02 Å². The van der Waals surface area contributed by atoms with E-state index in [2.05, 4.69) is 10.3 Å². The van der Waals surface area contributed by atoms with Gasteiger partial charge in [-0.05, 0) is 41.8 Å². The Labute approximate surface area is 117 Å². The van der Waals surface area contributed by atoms with Crippen LogP contribution in [0.1, 0.15) is 22.9 Å². The largest absolute Gasteiger partial charge is 0.395 e. The topological polar surface area (TPSA) is 45.2 Å². The number of nitrogens with one attached hydrogen (secondary N) is 1. The quantitative estimate of drug-likeness (QED) is 0.884. The number of aliphatic hydroxyl groups is 1. The smallest absolute Gasteiger partial charge is 0.0757 e. The minimum Gasteiger partial charge on any atom is -0.395 e. The van der Waals surface area contributed by atoms with Gasteiger partial charge in [0.1, 0.15) is 0 Å². The molecule has 1 aromatic carbocycles. The van der Waals surface area contributed by atoms with Gasteiger partial charge in [-0.15, -0.1) is 0 Å². The fourth-order valence-electron chi connectivity index (χ4n) is 2.58. The third-order valence-corrected chi connectivity index (χ3v) is 3.73. The number of rotatable bonds is 2. The van der Waals surface area contributed by atoms with Crippen LogP contribution in [-0.2, 0) is 6.42 Å². The van der Waals surface area contributed by atoms with Crippen molar-refractivity contribution in [2.75, 3.05) is 6.61 Å². The van der Waals surface area contributed by atoms with Crippen molar-refractivity contribution in [3.8, 4) is 0 Å². The van der Waals surface area contributed by atoms with E-state index in [9.17, 15) is 5.11 Å². The predicted octanol–water partition coefficient (Wildman–Crippen LogP) is 2.33. The second-order valence-corrected chi connectivity index (χ2v) is 5.22. The van der Waals surface area contributed by atoms with Crippen LogP contribution in [-0.4, -0.2) is 22.7 Å². The van der Waals surface area contributed by atoms with Gasteiger partial charge in [0, 0.05) is 17.3 Å². The van der Waals surface area contributed by atoms with Crippen molar-refractivity contribution in [3.05, 3.63) is 64.4 Å². The van der Waals surface area contributed by atoms with Gasteiger partial charge in [-0.25, -0.2) is 0 Å². The molecule has 19 heavy (non-hydrogen) atoms. The molecular weight excluding hydrogens is 260 g/mol. The summed E-state index contributed by atoms with van der Waals surface area (Å²) in [5.74, 6) is 0. The average molecular weight is 275 g/mol. The molecule has 1 aromatic heterocycles. The zero-order valence-corrected chi connectivity index (χ0v) is 11.1. The van der Waals surface area contributed by atoms with Crippen LogP contribution in [0, 0.1) is 0 Å².